The Morgan fingerprint density at radius 2 is 1.89 bits per heavy atom. The molecule has 0 saturated carbocycles. The highest BCUT2D eigenvalue weighted by Gasteiger charge is 2.24. The third-order valence-corrected chi connectivity index (χ3v) is 7.83. The van der Waals surface area contributed by atoms with Gasteiger partial charge in [-0.25, -0.2) is 8.42 Å². The lowest BCUT2D eigenvalue weighted by molar-refractivity contribution is 0.0942. The Balaban J connectivity index is 2.24. The zero-order valence-corrected chi connectivity index (χ0v) is 18.9. The van der Waals surface area contributed by atoms with Gasteiger partial charge in [-0.05, 0) is 43.7 Å². The Morgan fingerprint density at radius 3 is 2.43 bits per heavy atom. The minimum absolute atomic E-state index is 0.0188. The summed E-state index contributed by atoms with van der Waals surface area (Å²) in [4.78, 5) is 16.0. The topological polar surface area (TPSA) is 69.7 Å². The maximum Gasteiger partial charge on any atom is 0.252 e. The molecule has 0 radical (unpaired) electrons. The number of benzene rings is 1. The van der Waals surface area contributed by atoms with Gasteiger partial charge in [-0.3, -0.25) is 4.79 Å². The molecule has 1 unspecified atom stereocenters. The van der Waals surface area contributed by atoms with Gasteiger partial charge in [0.05, 0.1) is 21.5 Å². The Hall–Kier alpha value is -1.45. The molecule has 1 amide bonds. The van der Waals surface area contributed by atoms with Crippen LogP contribution in [0.15, 0.2) is 40.6 Å². The Bertz CT molecular complexity index is 895. The van der Waals surface area contributed by atoms with Crippen LogP contribution in [0.3, 0.4) is 0 Å². The summed E-state index contributed by atoms with van der Waals surface area (Å²) in [7, 11) is 0.224. The highest BCUT2D eigenvalue weighted by Crippen LogP contribution is 2.25. The molecule has 1 aromatic heterocycles. The Kier molecular flexibility index (Phi) is 8.03. The van der Waals surface area contributed by atoms with Gasteiger partial charge in [-0.15, -0.1) is 11.3 Å². The molecule has 2 aromatic rings. The molecule has 1 N–H and O–H groups in total. The van der Waals surface area contributed by atoms with E-state index in [2.05, 4.69) is 5.32 Å². The SMILES string of the molecule is CCN(CC)S(=O)(=O)c1ccc(Cl)c(C(=O)NCC(c2cccs2)N(C)C)c1. The van der Waals surface area contributed by atoms with E-state index in [9.17, 15) is 13.2 Å². The van der Waals surface area contributed by atoms with E-state index in [4.69, 9.17) is 11.6 Å². The largest absolute Gasteiger partial charge is 0.350 e. The average Bonchev–Trinajstić information content (AvgIpc) is 3.16. The molecule has 1 atom stereocenters. The monoisotopic (exact) mass is 443 g/mol. The molecule has 2 rings (SSSR count). The molecule has 0 fully saturated rings. The molecule has 0 spiro atoms. The van der Waals surface area contributed by atoms with Crippen LogP contribution >= 0.6 is 22.9 Å². The normalized spacial score (nSPS) is 13.1. The van der Waals surface area contributed by atoms with Crippen LogP contribution in [0.4, 0.5) is 0 Å². The van der Waals surface area contributed by atoms with Gasteiger partial charge >= 0.3 is 0 Å². The third-order valence-electron chi connectivity index (χ3n) is 4.48. The molecular weight excluding hydrogens is 418 g/mol. The Labute approximate surface area is 176 Å². The van der Waals surface area contributed by atoms with Crippen LogP contribution in [-0.4, -0.2) is 57.3 Å². The highest BCUT2D eigenvalue weighted by molar-refractivity contribution is 7.89. The fraction of sp³-hybridized carbons (Fsp3) is 0.421. The van der Waals surface area contributed by atoms with Crippen molar-refractivity contribution in [2.75, 3.05) is 33.7 Å². The van der Waals surface area contributed by atoms with Crippen LogP contribution in [0.1, 0.15) is 35.1 Å². The standard InChI is InChI=1S/C19H26ClN3O3S2/c1-5-23(6-2)28(25,26)14-9-10-16(20)15(12-14)19(24)21-13-17(22(3)4)18-8-7-11-27-18/h7-12,17H,5-6,13H2,1-4H3,(H,21,24). The number of thiophene rings is 1. The molecule has 0 aliphatic carbocycles. The molecular formula is C19H26ClN3O3S2. The number of carbonyl (C=O) groups is 1. The summed E-state index contributed by atoms with van der Waals surface area (Å²) in [6, 6.07) is 8.24. The number of amides is 1. The van der Waals surface area contributed by atoms with Crippen LogP contribution in [0.5, 0.6) is 0 Å². The number of nitrogens with zero attached hydrogens (tertiary/aromatic N) is 2. The van der Waals surface area contributed by atoms with Crippen molar-refractivity contribution in [3.63, 3.8) is 0 Å². The molecule has 6 nitrogen and oxygen atoms in total. The molecule has 1 heterocycles. The van der Waals surface area contributed by atoms with E-state index in [1.807, 2.05) is 36.5 Å². The maximum absolute atomic E-state index is 12.7. The van der Waals surface area contributed by atoms with Crippen molar-refractivity contribution in [2.45, 2.75) is 24.8 Å². The zero-order chi connectivity index (χ0) is 20.9. The van der Waals surface area contributed by atoms with E-state index in [0.29, 0.717) is 19.6 Å². The number of halogens is 1. The fourth-order valence-electron chi connectivity index (χ4n) is 2.85. The first-order valence-electron chi connectivity index (χ1n) is 9.00. The van der Waals surface area contributed by atoms with Crippen LogP contribution in [0, 0.1) is 0 Å². The second-order valence-electron chi connectivity index (χ2n) is 6.44. The van der Waals surface area contributed by atoms with Crippen LogP contribution in [0.2, 0.25) is 5.02 Å². The van der Waals surface area contributed by atoms with E-state index in [0.717, 1.165) is 4.88 Å². The van der Waals surface area contributed by atoms with Crippen molar-refractivity contribution in [1.82, 2.24) is 14.5 Å². The van der Waals surface area contributed by atoms with Gasteiger partial charge in [-0.2, -0.15) is 4.31 Å². The molecule has 9 heteroatoms. The van der Waals surface area contributed by atoms with Crippen molar-refractivity contribution in [3.05, 3.63) is 51.2 Å². The predicted octanol–water partition coefficient (Wildman–Crippen LogP) is 3.46. The molecule has 154 valence electrons. The molecule has 0 bridgehead atoms. The predicted molar refractivity (Wildman–Crippen MR) is 115 cm³/mol. The minimum Gasteiger partial charge on any atom is -0.350 e. The molecule has 0 aliphatic heterocycles. The summed E-state index contributed by atoms with van der Waals surface area (Å²) in [5, 5.41) is 5.09. The number of rotatable bonds is 9. The van der Waals surface area contributed by atoms with Crippen molar-refractivity contribution < 1.29 is 13.2 Å². The van der Waals surface area contributed by atoms with E-state index in [1.54, 1.807) is 25.2 Å². The first-order valence-corrected chi connectivity index (χ1v) is 11.7. The van der Waals surface area contributed by atoms with Gasteiger partial charge in [-0.1, -0.05) is 31.5 Å². The van der Waals surface area contributed by atoms with Gasteiger partial charge < -0.3 is 10.2 Å². The zero-order valence-electron chi connectivity index (χ0n) is 16.5. The second kappa shape index (κ2) is 9.84. The van der Waals surface area contributed by atoms with E-state index in [-0.39, 0.29) is 21.5 Å². The number of hydrogen-bond acceptors (Lipinski definition) is 5. The van der Waals surface area contributed by atoms with Crippen LogP contribution in [-0.2, 0) is 10.0 Å². The van der Waals surface area contributed by atoms with E-state index < -0.39 is 15.9 Å². The maximum atomic E-state index is 12.7. The highest BCUT2D eigenvalue weighted by atomic mass is 35.5. The summed E-state index contributed by atoms with van der Waals surface area (Å²) < 4.78 is 26.8. The van der Waals surface area contributed by atoms with Gasteiger partial charge in [0.25, 0.3) is 5.91 Å². The number of nitrogens with one attached hydrogen (secondary N) is 1. The average molecular weight is 444 g/mol. The lowest BCUT2D eigenvalue weighted by Crippen LogP contribution is -2.34. The summed E-state index contributed by atoms with van der Waals surface area (Å²) in [5.74, 6) is -0.398. The number of hydrogen-bond donors (Lipinski definition) is 1. The number of sulfonamides is 1. The van der Waals surface area contributed by atoms with Gasteiger partial charge in [0.1, 0.15) is 0 Å². The van der Waals surface area contributed by atoms with Crippen LogP contribution < -0.4 is 5.32 Å². The summed E-state index contributed by atoms with van der Waals surface area (Å²) in [6.45, 7) is 4.64. The quantitative estimate of drug-likeness (QED) is 0.644. The van der Waals surface area contributed by atoms with Gasteiger partial charge in [0.2, 0.25) is 10.0 Å². The lowest BCUT2D eigenvalue weighted by atomic mass is 10.2. The van der Waals surface area contributed by atoms with Crippen LogP contribution in [0.25, 0.3) is 0 Å². The lowest BCUT2D eigenvalue weighted by Gasteiger charge is -2.24. The smallest absolute Gasteiger partial charge is 0.252 e. The summed E-state index contributed by atoms with van der Waals surface area (Å²) >= 11 is 7.81. The van der Waals surface area contributed by atoms with E-state index >= 15 is 0 Å². The van der Waals surface area contributed by atoms with Crippen molar-refractivity contribution in [1.29, 1.82) is 0 Å². The fourth-order valence-corrected chi connectivity index (χ4v) is 5.47. The van der Waals surface area contributed by atoms with Crippen molar-refractivity contribution in [2.24, 2.45) is 0 Å². The summed E-state index contributed by atoms with van der Waals surface area (Å²) in [6.07, 6.45) is 0. The molecule has 0 saturated heterocycles. The van der Waals surface area contributed by atoms with Crippen molar-refractivity contribution in [3.8, 4) is 0 Å². The Morgan fingerprint density at radius 1 is 1.21 bits per heavy atom. The second-order valence-corrected chi connectivity index (χ2v) is 9.76. The summed E-state index contributed by atoms with van der Waals surface area (Å²) in [5.41, 5.74) is 0.151. The van der Waals surface area contributed by atoms with E-state index in [1.165, 1.54) is 22.5 Å². The molecule has 28 heavy (non-hydrogen) atoms. The molecule has 1 aromatic carbocycles. The van der Waals surface area contributed by atoms with Gasteiger partial charge in [0.15, 0.2) is 0 Å². The molecule has 0 aliphatic rings. The van der Waals surface area contributed by atoms with Gasteiger partial charge in [0, 0.05) is 24.5 Å². The first kappa shape index (κ1) is 22.8. The number of likely N-dealkylation sites (N-methyl/N-ethyl adjacent to an activating group) is 1. The third kappa shape index (κ3) is 5.12. The minimum atomic E-state index is -3.67. The van der Waals surface area contributed by atoms with Crippen molar-refractivity contribution >= 4 is 38.9 Å². The first-order chi connectivity index (χ1) is 13.2. The number of carbonyl (C=O) groups excluding carboxylic acids is 1.